The van der Waals surface area contributed by atoms with Crippen LogP contribution in [0.5, 0.6) is 0 Å². The van der Waals surface area contributed by atoms with E-state index < -0.39 is 0 Å². The fourth-order valence-corrected chi connectivity index (χ4v) is 0.381. The van der Waals surface area contributed by atoms with Gasteiger partial charge in [0.15, 0.2) is 0 Å². The van der Waals surface area contributed by atoms with Crippen molar-refractivity contribution in [3.63, 3.8) is 0 Å². The predicted molar refractivity (Wildman–Crippen MR) is 31.6 cm³/mol. The summed E-state index contributed by atoms with van der Waals surface area (Å²) in [6.45, 7) is 0.122. The first-order valence-corrected chi connectivity index (χ1v) is 2.77. The van der Waals surface area contributed by atoms with Gasteiger partial charge in [-0.05, 0) is 6.42 Å². The van der Waals surface area contributed by atoms with Crippen LogP contribution in [0.3, 0.4) is 0 Å². The molecule has 0 radical (unpaired) electrons. The summed E-state index contributed by atoms with van der Waals surface area (Å²) in [5, 5.41) is 8.16. The summed E-state index contributed by atoms with van der Waals surface area (Å²) in [5.41, 5.74) is 0. The van der Waals surface area contributed by atoms with Gasteiger partial charge in [0.25, 0.3) is 0 Å². The van der Waals surface area contributed by atoms with Gasteiger partial charge in [-0.3, -0.25) is 0 Å². The molecule has 0 aliphatic heterocycles. The average molecular weight is 121 g/mol. The smallest absolute Gasteiger partial charge is 0.0612 e. The number of rotatable bonds is 3. The third kappa shape index (κ3) is 5.99. The Morgan fingerprint density at radius 3 is 2.57 bits per heavy atom. The molecule has 0 amide bonds. The highest BCUT2D eigenvalue weighted by Crippen LogP contribution is 1.84. The Labute approximate surface area is 48.6 Å². The Morgan fingerprint density at radius 2 is 2.14 bits per heavy atom. The summed E-state index contributed by atoms with van der Waals surface area (Å²) in [4.78, 5) is 0. The molecule has 0 aliphatic rings. The van der Waals surface area contributed by atoms with E-state index in [2.05, 4.69) is 0 Å². The summed E-state index contributed by atoms with van der Waals surface area (Å²) in [6.07, 6.45) is 4.39. The second-order valence-corrected chi connectivity index (χ2v) is 1.51. The lowest BCUT2D eigenvalue weighted by atomic mass is 10.4. The molecular weight excluding hydrogens is 112 g/mol. The van der Waals surface area contributed by atoms with Crippen molar-refractivity contribution < 1.29 is 5.11 Å². The number of halogens is 1. The van der Waals surface area contributed by atoms with Crippen molar-refractivity contribution in [1.82, 2.24) is 0 Å². The van der Waals surface area contributed by atoms with E-state index in [4.69, 9.17) is 16.7 Å². The minimum absolute atomic E-state index is 0.122. The van der Waals surface area contributed by atoms with Gasteiger partial charge < -0.3 is 5.11 Å². The van der Waals surface area contributed by atoms with E-state index in [1.165, 1.54) is 0 Å². The number of aliphatic hydroxyl groups is 1. The van der Waals surface area contributed by atoms with Gasteiger partial charge in [-0.2, -0.15) is 0 Å². The first-order chi connectivity index (χ1) is 3.41. The van der Waals surface area contributed by atoms with E-state index in [9.17, 15) is 0 Å². The van der Waals surface area contributed by atoms with Crippen molar-refractivity contribution in [3.8, 4) is 0 Å². The fourth-order valence-electron chi connectivity index (χ4n) is 0.255. The van der Waals surface area contributed by atoms with Crippen LogP contribution in [0.4, 0.5) is 0 Å². The Hall–Kier alpha value is -0.0100. The topological polar surface area (TPSA) is 20.2 Å². The molecule has 0 heterocycles. The first-order valence-electron chi connectivity index (χ1n) is 2.23. The van der Waals surface area contributed by atoms with Crippen LogP contribution in [-0.2, 0) is 0 Å². The molecule has 0 saturated heterocycles. The maximum absolute atomic E-state index is 8.16. The van der Waals surface area contributed by atoms with Crippen molar-refractivity contribution in [1.29, 1.82) is 0 Å². The summed E-state index contributed by atoms with van der Waals surface area (Å²) in [6, 6.07) is 0. The van der Waals surface area contributed by atoms with Crippen molar-refractivity contribution in [2.75, 3.05) is 12.5 Å². The molecule has 0 rings (SSSR count). The Bertz CT molecular complexity index is 52.0. The summed E-state index contributed by atoms with van der Waals surface area (Å²) in [5.74, 6) is 0.635. The Balaban J connectivity index is 2.78. The average Bonchev–Trinajstić information content (AvgIpc) is 1.69. The third-order valence-corrected chi connectivity index (χ3v) is 0.766. The van der Waals surface area contributed by atoms with Gasteiger partial charge in [0.1, 0.15) is 0 Å². The zero-order chi connectivity index (χ0) is 5.54. The van der Waals surface area contributed by atoms with Crippen LogP contribution < -0.4 is 0 Å². The molecule has 0 unspecified atom stereocenters. The summed E-state index contributed by atoms with van der Waals surface area (Å²) < 4.78 is 0. The quantitative estimate of drug-likeness (QED) is 0.438. The third-order valence-electron chi connectivity index (χ3n) is 0.548. The van der Waals surface area contributed by atoms with E-state index in [-0.39, 0.29) is 6.61 Å². The minimum Gasteiger partial charge on any atom is -0.392 e. The molecule has 0 fully saturated rings. The van der Waals surface area contributed by atoms with Crippen LogP contribution in [0, 0.1) is 0 Å². The lowest BCUT2D eigenvalue weighted by molar-refractivity contribution is 0.342. The van der Waals surface area contributed by atoms with Crippen molar-refractivity contribution in [2.24, 2.45) is 0 Å². The minimum atomic E-state index is 0.122. The Morgan fingerprint density at radius 1 is 1.43 bits per heavy atom. The zero-order valence-electron chi connectivity index (χ0n) is 4.10. The van der Waals surface area contributed by atoms with Crippen molar-refractivity contribution >= 4 is 11.6 Å². The van der Waals surface area contributed by atoms with Gasteiger partial charge in [-0.1, -0.05) is 12.2 Å². The molecule has 42 valence electrons. The Kier molecular flexibility index (Phi) is 5.98. The maximum Gasteiger partial charge on any atom is 0.0612 e. The normalized spacial score (nSPS) is 10.6. The molecule has 0 aliphatic carbocycles. The van der Waals surface area contributed by atoms with E-state index in [0.29, 0.717) is 5.88 Å². The number of aliphatic hydroxyl groups excluding tert-OH is 1. The molecule has 0 aromatic heterocycles. The van der Waals surface area contributed by atoms with Crippen LogP contribution in [-0.4, -0.2) is 17.6 Å². The second kappa shape index (κ2) is 5.99. The number of hydrogen-bond donors (Lipinski definition) is 1. The van der Waals surface area contributed by atoms with Crippen LogP contribution in [0.25, 0.3) is 0 Å². The fraction of sp³-hybridized carbons (Fsp3) is 0.600. The highest BCUT2D eigenvalue weighted by molar-refractivity contribution is 6.17. The highest BCUT2D eigenvalue weighted by Gasteiger charge is 1.70. The van der Waals surface area contributed by atoms with Gasteiger partial charge in [-0.15, -0.1) is 11.6 Å². The predicted octanol–water partition coefficient (Wildman–Crippen LogP) is 1.16. The van der Waals surface area contributed by atoms with E-state index in [1.54, 1.807) is 6.08 Å². The van der Waals surface area contributed by atoms with Crippen LogP contribution in [0.15, 0.2) is 12.2 Å². The standard InChI is InChI=1S/C5H9ClO/c6-4-2-1-3-5-7/h1,3,7H,2,4-5H2/b3-1+. The second-order valence-electron chi connectivity index (χ2n) is 1.13. The summed E-state index contributed by atoms with van der Waals surface area (Å²) in [7, 11) is 0. The largest absolute Gasteiger partial charge is 0.392 e. The molecule has 1 N–H and O–H groups in total. The highest BCUT2D eigenvalue weighted by atomic mass is 35.5. The molecule has 0 saturated carbocycles. The zero-order valence-corrected chi connectivity index (χ0v) is 4.86. The van der Waals surface area contributed by atoms with Gasteiger partial charge >= 0.3 is 0 Å². The van der Waals surface area contributed by atoms with Crippen LogP contribution >= 0.6 is 11.6 Å². The molecule has 0 bridgehead atoms. The molecule has 1 nitrogen and oxygen atoms in total. The van der Waals surface area contributed by atoms with Gasteiger partial charge in [0.05, 0.1) is 6.61 Å². The number of alkyl halides is 1. The monoisotopic (exact) mass is 120 g/mol. The van der Waals surface area contributed by atoms with E-state index in [1.807, 2.05) is 6.08 Å². The molecular formula is C5H9ClO. The lowest BCUT2D eigenvalue weighted by Gasteiger charge is -1.78. The molecule has 0 atom stereocenters. The van der Waals surface area contributed by atoms with Crippen molar-refractivity contribution in [2.45, 2.75) is 6.42 Å². The van der Waals surface area contributed by atoms with Gasteiger partial charge in [-0.25, -0.2) is 0 Å². The maximum atomic E-state index is 8.16. The molecule has 0 aromatic rings. The summed E-state index contributed by atoms with van der Waals surface area (Å²) >= 11 is 5.30. The first kappa shape index (κ1) is 6.99. The molecule has 2 heteroatoms. The van der Waals surface area contributed by atoms with Crippen LogP contribution in [0.1, 0.15) is 6.42 Å². The molecule has 7 heavy (non-hydrogen) atoms. The van der Waals surface area contributed by atoms with Crippen molar-refractivity contribution in [3.05, 3.63) is 12.2 Å². The molecule has 0 aromatic carbocycles. The van der Waals surface area contributed by atoms with Gasteiger partial charge in [0, 0.05) is 5.88 Å². The van der Waals surface area contributed by atoms with E-state index >= 15 is 0 Å². The molecule has 0 spiro atoms. The number of hydrogen-bond acceptors (Lipinski definition) is 1. The van der Waals surface area contributed by atoms with Crippen LogP contribution in [0.2, 0.25) is 0 Å². The van der Waals surface area contributed by atoms with Gasteiger partial charge in [0.2, 0.25) is 0 Å². The number of allylic oxidation sites excluding steroid dienone is 1. The van der Waals surface area contributed by atoms with E-state index in [0.717, 1.165) is 6.42 Å². The SMILES string of the molecule is OC/C=C/CCCl. The lowest BCUT2D eigenvalue weighted by Crippen LogP contribution is -1.71.